The zero-order valence-electron chi connectivity index (χ0n) is 15.8. The van der Waals surface area contributed by atoms with E-state index in [1.165, 1.54) is 18.7 Å². The predicted octanol–water partition coefficient (Wildman–Crippen LogP) is 3.09. The molecule has 0 saturated carbocycles. The number of nitrogens with one attached hydrogen (secondary N) is 1. The lowest BCUT2D eigenvalue weighted by molar-refractivity contribution is -0.115. The number of hydrogen-bond acceptors (Lipinski definition) is 6. The van der Waals surface area contributed by atoms with E-state index in [0.717, 1.165) is 30.4 Å². The number of thioether (sulfide) groups is 1. The normalized spacial score (nSPS) is 17.7. The van der Waals surface area contributed by atoms with E-state index in [1.807, 2.05) is 18.4 Å². The van der Waals surface area contributed by atoms with Crippen molar-refractivity contribution in [3.8, 4) is 0 Å². The number of carbonyl (C=O) groups excluding carboxylic acids is 2. The third-order valence-electron chi connectivity index (χ3n) is 4.52. The Balaban J connectivity index is 1.61. The van der Waals surface area contributed by atoms with Crippen LogP contribution < -0.4 is 5.32 Å². The Morgan fingerprint density at radius 1 is 1.33 bits per heavy atom. The van der Waals surface area contributed by atoms with E-state index in [1.54, 1.807) is 24.3 Å². The summed E-state index contributed by atoms with van der Waals surface area (Å²) >= 11 is 1.38. The van der Waals surface area contributed by atoms with Gasteiger partial charge < -0.3 is 14.6 Å². The number of amides is 1. The first kappa shape index (κ1) is 19.6. The fourth-order valence-electron chi connectivity index (χ4n) is 2.89. The molecule has 0 radical (unpaired) electrons. The van der Waals surface area contributed by atoms with Crippen LogP contribution in [0, 0.1) is 6.92 Å². The highest BCUT2D eigenvalue weighted by Crippen LogP contribution is 2.25. The molecule has 2 heterocycles. The minimum Gasteiger partial charge on any atom is -0.376 e. The van der Waals surface area contributed by atoms with Crippen LogP contribution in [0.4, 0.5) is 5.69 Å². The number of hydrogen-bond donors (Lipinski definition) is 1. The average molecular weight is 388 g/mol. The molecule has 1 aromatic heterocycles. The van der Waals surface area contributed by atoms with Gasteiger partial charge in [0.2, 0.25) is 5.91 Å². The summed E-state index contributed by atoms with van der Waals surface area (Å²) in [6.07, 6.45) is 2.30. The quantitative estimate of drug-likeness (QED) is 0.579. The molecular formula is C19H24N4O3S. The molecule has 7 nitrogen and oxygen atoms in total. The summed E-state index contributed by atoms with van der Waals surface area (Å²) in [5, 5.41) is 11.6. The standard InChI is InChI=1S/C19H24N4O3S/c1-12(24)15-6-8-16(9-7-15)20-18(25)13(2)27-19-22-21-14(3)23(19)11-17-5-4-10-26-17/h6-9,13,17H,4-5,10-11H2,1-3H3,(H,20,25)/t13-,17+/m0/s1. The predicted molar refractivity (Wildman–Crippen MR) is 104 cm³/mol. The minimum atomic E-state index is -0.343. The summed E-state index contributed by atoms with van der Waals surface area (Å²) in [4.78, 5) is 23.9. The molecule has 1 N–H and O–H groups in total. The Morgan fingerprint density at radius 3 is 2.70 bits per heavy atom. The number of nitrogens with zero attached hydrogens (tertiary/aromatic N) is 3. The summed E-state index contributed by atoms with van der Waals surface area (Å²) in [6.45, 7) is 6.77. The molecule has 0 spiro atoms. The lowest BCUT2D eigenvalue weighted by Crippen LogP contribution is -2.23. The van der Waals surface area contributed by atoms with Crippen molar-refractivity contribution in [2.75, 3.05) is 11.9 Å². The van der Waals surface area contributed by atoms with Gasteiger partial charge >= 0.3 is 0 Å². The van der Waals surface area contributed by atoms with Gasteiger partial charge in [-0.3, -0.25) is 9.59 Å². The lowest BCUT2D eigenvalue weighted by atomic mass is 10.1. The molecule has 2 atom stereocenters. The van der Waals surface area contributed by atoms with Crippen LogP contribution in [-0.2, 0) is 16.1 Å². The van der Waals surface area contributed by atoms with Crippen LogP contribution in [0.1, 0.15) is 42.9 Å². The van der Waals surface area contributed by atoms with Gasteiger partial charge in [-0.2, -0.15) is 0 Å². The first-order chi connectivity index (χ1) is 12.9. The maximum Gasteiger partial charge on any atom is 0.237 e. The van der Waals surface area contributed by atoms with Crippen molar-refractivity contribution in [1.82, 2.24) is 14.8 Å². The molecule has 144 valence electrons. The maximum atomic E-state index is 12.5. The van der Waals surface area contributed by atoms with Gasteiger partial charge in [-0.1, -0.05) is 11.8 Å². The van der Waals surface area contributed by atoms with Crippen LogP contribution in [-0.4, -0.2) is 44.4 Å². The molecule has 1 fully saturated rings. The largest absolute Gasteiger partial charge is 0.376 e. The van der Waals surface area contributed by atoms with Gasteiger partial charge in [-0.05, 0) is 57.9 Å². The smallest absolute Gasteiger partial charge is 0.237 e. The molecule has 0 aliphatic carbocycles. The van der Waals surface area contributed by atoms with Crippen molar-refractivity contribution in [1.29, 1.82) is 0 Å². The number of ketones is 1. The van der Waals surface area contributed by atoms with Crippen molar-refractivity contribution in [3.63, 3.8) is 0 Å². The van der Waals surface area contributed by atoms with Crippen LogP contribution in [0.5, 0.6) is 0 Å². The summed E-state index contributed by atoms with van der Waals surface area (Å²) in [6, 6.07) is 6.88. The van der Waals surface area contributed by atoms with Gasteiger partial charge in [0.05, 0.1) is 17.9 Å². The number of Topliss-reactive ketones (excluding diaryl/α,β-unsaturated/α-hetero) is 1. The van der Waals surface area contributed by atoms with Crippen LogP contribution in [0.25, 0.3) is 0 Å². The van der Waals surface area contributed by atoms with Gasteiger partial charge in [0, 0.05) is 17.9 Å². The second kappa shape index (κ2) is 8.67. The van der Waals surface area contributed by atoms with Crippen LogP contribution >= 0.6 is 11.8 Å². The van der Waals surface area contributed by atoms with E-state index < -0.39 is 0 Å². The number of carbonyl (C=O) groups is 2. The highest BCUT2D eigenvalue weighted by Gasteiger charge is 2.23. The average Bonchev–Trinajstić information content (AvgIpc) is 3.27. The van der Waals surface area contributed by atoms with E-state index in [-0.39, 0.29) is 23.0 Å². The molecule has 27 heavy (non-hydrogen) atoms. The third kappa shape index (κ3) is 4.95. The van der Waals surface area contributed by atoms with E-state index in [9.17, 15) is 9.59 Å². The van der Waals surface area contributed by atoms with Gasteiger partial charge in [0.1, 0.15) is 5.82 Å². The number of ether oxygens (including phenoxy) is 1. The van der Waals surface area contributed by atoms with Gasteiger partial charge in [0.25, 0.3) is 0 Å². The molecule has 0 bridgehead atoms. The Bertz CT molecular complexity index is 813. The van der Waals surface area contributed by atoms with Gasteiger partial charge in [-0.25, -0.2) is 0 Å². The molecule has 1 saturated heterocycles. The monoisotopic (exact) mass is 388 g/mol. The molecule has 8 heteroatoms. The van der Waals surface area contributed by atoms with Crippen molar-refractivity contribution in [2.45, 2.75) is 56.7 Å². The number of benzene rings is 1. The number of anilines is 1. The minimum absolute atomic E-state index is 0.00208. The summed E-state index contributed by atoms with van der Waals surface area (Å²) < 4.78 is 7.73. The highest BCUT2D eigenvalue weighted by atomic mass is 32.2. The van der Waals surface area contributed by atoms with Crippen molar-refractivity contribution in [2.24, 2.45) is 0 Å². The van der Waals surface area contributed by atoms with Gasteiger partial charge in [0.15, 0.2) is 10.9 Å². The number of aromatic nitrogens is 3. The second-order valence-electron chi connectivity index (χ2n) is 6.66. The first-order valence-electron chi connectivity index (χ1n) is 9.04. The fraction of sp³-hybridized carbons (Fsp3) is 0.474. The van der Waals surface area contributed by atoms with Crippen molar-refractivity contribution >= 4 is 29.1 Å². The van der Waals surface area contributed by atoms with Gasteiger partial charge in [-0.15, -0.1) is 10.2 Å². The molecule has 1 aliphatic rings. The Morgan fingerprint density at radius 2 is 2.07 bits per heavy atom. The van der Waals surface area contributed by atoms with Crippen molar-refractivity contribution in [3.05, 3.63) is 35.7 Å². The zero-order valence-corrected chi connectivity index (χ0v) is 16.6. The Labute approximate surface area is 162 Å². The first-order valence-corrected chi connectivity index (χ1v) is 9.92. The molecule has 1 amide bonds. The van der Waals surface area contributed by atoms with E-state index in [4.69, 9.17) is 4.74 Å². The number of aryl methyl sites for hydroxylation is 1. The maximum absolute atomic E-state index is 12.5. The van der Waals surface area contributed by atoms with E-state index in [2.05, 4.69) is 15.5 Å². The van der Waals surface area contributed by atoms with E-state index in [0.29, 0.717) is 17.8 Å². The Hall–Kier alpha value is -2.19. The van der Waals surface area contributed by atoms with Crippen LogP contribution in [0.15, 0.2) is 29.4 Å². The van der Waals surface area contributed by atoms with Crippen molar-refractivity contribution < 1.29 is 14.3 Å². The molecule has 1 aliphatic heterocycles. The third-order valence-corrected chi connectivity index (χ3v) is 5.60. The molecule has 3 rings (SSSR count). The van der Waals surface area contributed by atoms with Crippen LogP contribution in [0.2, 0.25) is 0 Å². The van der Waals surface area contributed by atoms with Crippen LogP contribution in [0.3, 0.4) is 0 Å². The zero-order chi connectivity index (χ0) is 19.4. The summed E-state index contributed by atoms with van der Waals surface area (Å²) in [5.41, 5.74) is 1.28. The second-order valence-corrected chi connectivity index (χ2v) is 7.97. The lowest BCUT2D eigenvalue weighted by Gasteiger charge is -2.15. The highest BCUT2D eigenvalue weighted by molar-refractivity contribution is 8.00. The molecular weight excluding hydrogens is 364 g/mol. The molecule has 0 unspecified atom stereocenters. The molecule has 2 aromatic rings. The number of rotatable bonds is 7. The van der Waals surface area contributed by atoms with E-state index >= 15 is 0 Å². The summed E-state index contributed by atoms with van der Waals surface area (Å²) in [5.74, 6) is 0.693. The topological polar surface area (TPSA) is 86.1 Å². The fourth-order valence-corrected chi connectivity index (χ4v) is 3.80. The molecule has 1 aromatic carbocycles. The summed E-state index contributed by atoms with van der Waals surface area (Å²) in [7, 11) is 0. The Kier molecular flexibility index (Phi) is 6.28. The SMILES string of the molecule is CC(=O)c1ccc(NC(=O)[C@H](C)Sc2nnc(C)n2C[C@H]2CCCO2)cc1.